The van der Waals surface area contributed by atoms with E-state index in [4.69, 9.17) is 13.9 Å². The van der Waals surface area contributed by atoms with Gasteiger partial charge in [0.2, 0.25) is 0 Å². The molecular formula is C15H16O3Si. The minimum Gasteiger partial charge on any atom is -0.497 e. The Hall–Kier alpha value is -1.78. The highest BCUT2D eigenvalue weighted by atomic mass is 28.2. The van der Waals surface area contributed by atoms with E-state index in [1.54, 1.807) is 14.2 Å². The predicted octanol–water partition coefficient (Wildman–Crippen LogP) is 2.17. The maximum atomic E-state index is 5.72. The molecule has 0 spiro atoms. The zero-order valence-corrected chi connectivity index (χ0v) is 12.1. The topological polar surface area (TPSA) is 27.7 Å². The molecule has 4 heteroatoms. The minimum absolute atomic E-state index is 0.343. The van der Waals surface area contributed by atoms with Gasteiger partial charge in [0.1, 0.15) is 11.5 Å². The van der Waals surface area contributed by atoms with Crippen molar-refractivity contribution in [3.63, 3.8) is 0 Å². The lowest BCUT2D eigenvalue weighted by atomic mass is 10.2. The summed E-state index contributed by atoms with van der Waals surface area (Å²) in [6.07, 6.45) is 0. The number of ether oxygens (including phenoxy) is 2. The Morgan fingerprint density at radius 3 is 2.11 bits per heavy atom. The van der Waals surface area contributed by atoms with E-state index in [9.17, 15) is 0 Å². The second kappa shape index (κ2) is 6.97. The van der Waals surface area contributed by atoms with E-state index in [-0.39, 0.29) is 0 Å². The highest BCUT2D eigenvalue weighted by Crippen LogP contribution is 2.22. The molecule has 0 saturated heterocycles. The van der Waals surface area contributed by atoms with Gasteiger partial charge >= 0.3 is 0 Å². The second-order valence-corrected chi connectivity index (χ2v) is 5.05. The van der Waals surface area contributed by atoms with Crippen molar-refractivity contribution in [2.24, 2.45) is 0 Å². The lowest BCUT2D eigenvalue weighted by Gasteiger charge is -2.08. The van der Waals surface area contributed by atoms with Gasteiger partial charge in [-0.15, -0.1) is 0 Å². The number of rotatable bonds is 6. The average Bonchev–Trinajstić information content (AvgIpc) is 2.48. The first-order valence-electron chi connectivity index (χ1n) is 5.96. The molecule has 0 fully saturated rings. The van der Waals surface area contributed by atoms with Gasteiger partial charge in [0.25, 0.3) is 9.76 Å². The summed E-state index contributed by atoms with van der Waals surface area (Å²) in [5.41, 5.74) is 1.04. The molecule has 0 saturated carbocycles. The van der Waals surface area contributed by atoms with Crippen LogP contribution in [0.25, 0.3) is 0 Å². The predicted molar refractivity (Wildman–Crippen MR) is 76.2 cm³/mol. The number of methoxy groups -OCH3 is 2. The summed E-state index contributed by atoms with van der Waals surface area (Å²) in [4.78, 5) is 0. The first-order chi connectivity index (χ1) is 9.31. The third-order valence-corrected chi connectivity index (χ3v) is 3.47. The number of hydrogen-bond acceptors (Lipinski definition) is 3. The van der Waals surface area contributed by atoms with Crippen molar-refractivity contribution in [3.8, 4) is 11.5 Å². The quantitative estimate of drug-likeness (QED) is 0.754. The molecule has 98 valence electrons. The number of benzene rings is 2. The van der Waals surface area contributed by atoms with Crippen molar-refractivity contribution in [2.75, 3.05) is 14.2 Å². The molecule has 0 aromatic heterocycles. The fourth-order valence-electron chi connectivity index (χ4n) is 1.66. The Labute approximate surface area is 116 Å². The van der Waals surface area contributed by atoms with E-state index in [0.717, 1.165) is 17.1 Å². The molecule has 0 amide bonds. The maximum absolute atomic E-state index is 5.72. The lowest BCUT2D eigenvalue weighted by molar-refractivity contribution is 0.327. The van der Waals surface area contributed by atoms with Gasteiger partial charge in [-0.2, -0.15) is 0 Å². The Morgan fingerprint density at radius 1 is 0.895 bits per heavy atom. The summed E-state index contributed by atoms with van der Waals surface area (Å²) in [5, 5.41) is 1.19. The lowest BCUT2D eigenvalue weighted by Crippen LogP contribution is -2.16. The van der Waals surface area contributed by atoms with Crippen LogP contribution in [0.2, 0.25) is 0 Å². The van der Waals surface area contributed by atoms with Gasteiger partial charge in [0.05, 0.1) is 20.8 Å². The molecule has 0 aliphatic heterocycles. The normalized spacial score (nSPS) is 10.2. The molecule has 2 aromatic carbocycles. The highest BCUT2D eigenvalue weighted by Gasteiger charge is 2.03. The summed E-state index contributed by atoms with van der Waals surface area (Å²) in [6, 6.07) is 15.9. The molecule has 0 N–H and O–H groups in total. The van der Waals surface area contributed by atoms with E-state index in [0.29, 0.717) is 16.4 Å². The largest absolute Gasteiger partial charge is 0.497 e. The molecule has 0 atom stereocenters. The van der Waals surface area contributed by atoms with Crippen LogP contribution in [0.1, 0.15) is 5.56 Å². The smallest absolute Gasteiger partial charge is 0.269 e. The minimum atomic E-state index is 0.343. The van der Waals surface area contributed by atoms with Gasteiger partial charge in [0, 0.05) is 6.07 Å². The second-order valence-electron chi connectivity index (χ2n) is 3.98. The van der Waals surface area contributed by atoms with Gasteiger partial charge in [-0.3, -0.25) is 0 Å². The summed E-state index contributed by atoms with van der Waals surface area (Å²) < 4.78 is 16.2. The van der Waals surface area contributed by atoms with Crippen LogP contribution in [-0.4, -0.2) is 24.0 Å². The third-order valence-electron chi connectivity index (χ3n) is 2.61. The van der Waals surface area contributed by atoms with Gasteiger partial charge in [0.15, 0.2) is 0 Å². The van der Waals surface area contributed by atoms with E-state index in [1.807, 2.05) is 36.4 Å². The van der Waals surface area contributed by atoms with Crippen molar-refractivity contribution >= 4 is 14.9 Å². The van der Waals surface area contributed by atoms with Crippen molar-refractivity contribution in [1.82, 2.24) is 0 Å². The zero-order chi connectivity index (χ0) is 13.5. The van der Waals surface area contributed by atoms with Crippen LogP contribution in [0.5, 0.6) is 11.5 Å². The van der Waals surface area contributed by atoms with Gasteiger partial charge in [-0.25, -0.2) is 0 Å². The molecule has 0 unspecified atom stereocenters. The first kappa shape index (κ1) is 13.6. The molecule has 3 nitrogen and oxygen atoms in total. The van der Waals surface area contributed by atoms with Crippen LogP contribution in [0.4, 0.5) is 0 Å². The fourth-order valence-corrected chi connectivity index (χ4v) is 2.39. The van der Waals surface area contributed by atoms with Crippen LogP contribution in [0.15, 0.2) is 48.5 Å². The Kier molecular flexibility index (Phi) is 5.00. The maximum Gasteiger partial charge on any atom is 0.269 e. The van der Waals surface area contributed by atoms with Gasteiger partial charge in [-0.1, -0.05) is 30.3 Å². The van der Waals surface area contributed by atoms with Crippen LogP contribution >= 0.6 is 0 Å². The van der Waals surface area contributed by atoms with Crippen LogP contribution < -0.4 is 14.7 Å². The monoisotopic (exact) mass is 272 g/mol. The average molecular weight is 272 g/mol. The summed E-state index contributed by atoms with van der Waals surface area (Å²) >= 11 is 0. The highest BCUT2D eigenvalue weighted by molar-refractivity contribution is 6.46. The van der Waals surface area contributed by atoms with E-state index in [1.165, 1.54) is 5.19 Å². The summed E-state index contributed by atoms with van der Waals surface area (Å²) in [5.74, 6) is 1.56. The standard InChI is InChI=1S/C15H16O3Si/c1-16-13-8-12(9-14(10-13)17-2)11-18-19-15-6-4-3-5-7-15/h3-10H,11H2,1-2H3. The van der Waals surface area contributed by atoms with Crippen LogP contribution in [0, 0.1) is 0 Å². The first-order valence-corrected chi connectivity index (χ1v) is 6.87. The van der Waals surface area contributed by atoms with Crippen molar-refractivity contribution in [3.05, 3.63) is 54.1 Å². The molecule has 2 rings (SSSR count). The molecule has 0 heterocycles. The molecule has 0 bridgehead atoms. The zero-order valence-electron chi connectivity index (χ0n) is 11.1. The van der Waals surface area contributed by atoms with Gasteiger partial charge < -0.3 is 13.9 Å². The Morgan fingerprint density at radius 2 is 1.53 bits per heavy atom. The fraction of sp³-hybridized carbons (Fsp3) is 0.200. The molecule has 0 aliphatic carbocycles. The Bertz CT molecular complexity index is 492. The van der Waals surface area contributed by atoms with Crippen molar-refractivity contribution in [1.29, 1.82) is 0 Å². The van der Waals surface area contributed by atoms with Crippen LogP contribution in [0.3, 0.4) is 0 Å². The van der Waals surface area contributed by atoms with Crippen molar-refractivity contribution in [2.45, 2.75) is 6.61 Å². The molecule has 2 aromatic rings. The van der Waals surface area contributed by atoms with Crippen molar-refractivity contribution < 1.29 is 13.9 Å². The van der Waals surface area contributed by atoms with E-state index < -0.39 is 0 Å². The summed E-state index contributed by atoms with van der Waals surface area (Å²) in [7, 11) is 3.63. The number of hydrogen-bond donors (Lipinski definition) is 0. The van der Waals surface area contributed by atoms with E-state index >= 15 is 0 Å². The molecule has 2 radical (unpaired) electrons. The van der Waals surface area contributed by atoms with E-state index in [2.05, 4.69) is 12.1 Å². The third kappa shape index (κ3) is 4.12. The Balaban J connectivity index is 1.95. The molecular weight excluding hydrogens is 256 g/mol. The van der Waals surface area contributed by atoms with Crippen LogP contribution in [-0.2, 0) is 11.0 Å². The SMILES string of the molecule is COc1cc(CO[Si]c2ccccc2)cc(OC)c1. The van der Waals surface area contributed by atoms with Gasteiger partial charge in [-0.05, 0) is 22.9 Å². The molecule has 0 aliphatic rings. The molecule has 19 heavy (non-hydrogen) atoms. The summed E-state index contributed by atoms with van der Waals surface area (Å²) in [6.45, 7) is 0.543.